The lowest BCUT2D eigenvalue weighted by Gasteiger charge is -2.23. The summed E-state index contributed by atoms with van der Waals surface area (Å²) in [5.41, 5.74) is -0.407. The van der Waals surface area contributed by atoms with E-state index >= 15 is 0 Å². The van der Waals surface area contributed by atoms with Crippen LogP contribution in [0.4, 0.5) is 4.79 Å². The number of amides is 1. The number of nitrogens with one attached hydrogen (secondary N) is 2. The quantitative estimate of drug-likeness (QED) is 0.744. The number of carbonyl (C=O) groups is 1. The number of rotatable bonds is 5. The summed E-state index contributed by atoms with van der Waals surface area (Å²) in [5, 5.41) is 6.33. The largest absolute Gasteiger partial charge is 0.444 e. The molecule has 18 heavy (non-hydrogen) atoms. The molecule has 4 heteroatoms. The Morgan fingerprint density at radius 2 is 2.11 bits per heavy atom. The van der Waals surface area contributed by atoms with E-state index in [-0.39, 0.29) is 6.09 Å². The summed E-state index contributed by atoms with van der Waals surface area (Å²) < 4.78 is 5.17. The van der Waals surface area contributed by atoms with Crippen molar-refractivity contribution in [3.63, 3.8) is 0 Å². The summed E-state index contributed by atoms with van der Waals surface area (Å²) in [6, 6.07) is 0.695. The summed E-state index contributed by atoms with van der Waals surface area (Å²) in [5.74, 6) is 0. The zero-order valence-corrected chi connectivity index (χ0v) is 12.1. The first-order valence-electron chi connectivity index (χ1n) is 7.17. The number of carbonyl (C=O) groups excluding carboxylic acids is 1. The van der Waals surface area contributed by atoms with Gasteiger partial charge in [0.05, 0.1) is 0 Å². The first-order chi connectivity index (χ1) is 8.47. The van der Waals surface area contributed by atoms with Gasteiger partial charge in [0.25, 0.3) is 0 Å². The summed E-state index contributed by atoms with van der Waals surface area (Å²) in [6.07, 6.45) is 7.07. The van der Waals surface area contributed by atoms with Crippen LogP contribution in [0.2, 0.25) is 0 Å². The lowest BCUT2D eigenvalue weighted by atomic mass is 10.00. The van der Waals surface area contributed by atoms with Crippen molar-refractivity contribution in [1.82, 2.24) is 10.6 Å². The molecule has 1 amide bonds. The van der Waals surface area contributed by atoms with E-state index in [0.29, 0.717) is 12.6 Å². The van der Waals surface area contributed by atoms with E-state index in [2.05, 4.69) is 10.6 Å². The first-order valence-corrected chi connectivity index (χ1v) is 7.17. The van der Waals surface area contributed by atoms with Gasteiger partial charge in [-0.05, 0) is 53.0 Å². The van der Waals surface area contributed by atoms with Crippen molar-refractivity contribution in [2.24, 2.45) is 0 Å². The predicted octanol–water partition coefficient (Wildman–Crippen LogP) is 2.82. The van der Waals surface area contributed by atoms with E-state index in [1.54, 1.807) is 0 Å². The van der Waals surface area contributed by atoms with Crippen LogP contribution in [0.5, 0.6) is 0 Å². The molecule has 1 saturated heterocycles. The van der Waals surface area contributed by atoms with E-state index in [9.17, 15) is 4.79 Å². The molecule has 1 aliphatic heterocycles. The average molecular weight is 256 g/mol. The topological polar surface area (TPSA) is 50.4 Å². The minimum absolute atomic E-state index is 0.307. The number of alkyl carbamates (subject to hydrolysis) is 1. The molecule has 1 aliphatic rings. The minimum atomic E-state index is -0.407. The summed E-state index contributed by atoms with van der Waals surface area (Å²) >= 11 is 0. The Morgan fingerprint density at radius 3 is 2.72 bits per heavy atom. The summed E-state index contributed by atoms with van der Waals surface area (Å²) in [4.78, 5) is 11.4. The molecule has 0 radical (unpaired) electrons. The van der Waals surface area contributed by atoms with E-state index in [1.807, 2.05) is 20.8 Å². The van der Waals surface area contributed by atoms with Gasteiger partial charge < -0.3 is 15.4 Å². The summed E-state index contributed by atoms with van der Waals surface area (Å²) in [6.45, 7) is 7.51. The zero-order chi connectivity index (χ0) is 13.4. The molecule has 106 valence electrons. The lowest BCUT2D eigenvalue weighted by molar-refractivity contribution is 0.0527. The maximum Gasteiger partial charge on any atom is 0.407 e. The van der Waals surface area contributed by atoms with Crippen LogP contribution in [0, 0.1) is 0 Å². The third-order valence-electron chi connectivity index (χ3n) is 3.06. The summed E-state index contributed by atoms with van der Waals surface area (Å²) in [7, 11) is 0. The van der Waals surface area contributed by atoms with Crippen molar-refractivity contribution >= 4 is 6.09 Å². The molecule has 1 unspecified atom stereocenters. The van der Waals surface area contributed by atoms with Gasteiger partial charge in [-0.25, -0.2) is 4.79 Å². The van der Waals surface area contributed by atoms with Gasteiger partial charge in [-0.1, -0.05) is 12.8 Å². The second kappa shape index (κ2) is 7.62. The number of unbranched alkanes of at least 4 members (excludes halogenated alkanes) is 1. The Balaban J connectivity index is 1.96. The van der Waals surface area contributed by atoms with Gasteiger partial charge in [-0.2, -0.15) is 0 Å². The van der Waals surface area contributed by atoms with E-state index in [0.717, 1.165) is 12.8 Å². The Kier molecular flexibility index (Phi) is 6.47. The molecule has 1 heterocycles. The van der Waals surface area contributed by atoms with E-state index in [1.165, 1.54) is 32.2 Å². The van der Waals surface area contributed by atoms with Crippen molar-refractivity contribution in [3.8, 4) is 0 Å². The van der Waals surface area contributed by atoms with Crippen LogP contribution in [0.15, 0.2) is 0 Å². The van der Waals surface area contributed by atoms with Crippen LogP contribution >= 0.6 is 0 Å². The van der Waals surface area contributed by atoms with Gasteiger partial charge in [-0.3, -0.25) is 0 Å². The highest BCUT2D eigenvalue weighted by Crippen LogP contribution is 2.12. The smallest absolute Gasteiger partial charge is 0.407 e. The number of piperidine rings is 1. The molecular weight excluding hydrogens is 228 g/mol. The van der Waals surface area contributed by atoms with Crippen molar-refractivity contribution in [2.75, 3.05) is 13.1 Å². The highest BCUT2D eigenvalue weighted by Gasteiger charge is 2.15. The Labute approximate surface area is 111 Å². The van der Waals surface area contributed by atoms with Crippen LogP contribution in [-0.4, -0.2) is 30.8 Å². The van der Waals surface area contributed by atoms with Gasteiger partial charge in [-0.15, -0.1) is 0 Å². The molecule has 1 fully saturated rings. The van der Waals surface area contributed by atoms with Crippen molar-refractivity contribution in [1.29, 1.82) is 0 Å². The highest BCUT2D eigenvalue weighted by molar-refractivity contribution is 5.67. The van der Waals surface area contributed by atoms with Crippen molar-refractivity contribution in [2.45, 2.75) is 70.9 Å². The number of ether oxygens (including phenoxy) is 1. The third-order valence-corrected chi connectivity index (χ3v) is 3.06. The lowest BCUT2D eigenvalue weighted by Crippen LogP contribution is -2.34. The second-order valence-corrected chi connectivity index (χ2v) is 6.07. The van der Waals surface area contributed by atoms with Crippen LogP contribution in [0.25, 0.3) is 0 Å². The van der Waals surface area contributed by atoms with Crippen molar-refractivity contribution in [3.05, 3.63) is 0 Å². The maximum absolute atomic E-state index is 11.4. The SMILES string of the molecule is CC(C)(C)OC(=O)NCCCCC1CCCCN1. The van der Waals surface area contributed by atoms with E-state index in [4.69, 9.17) is 4.74 Å². The molecule has 4 nitrogen and oxygen atoms in total. The third kappa shape index (κ3) is 7.54. The molecule has 0 aromatic heterocycles. The molecule has 1 rings (SSSR count). The van der Waals surface area contributed by atoms with Crippen LogP contribution in [0.3, 0.4) is 0 Å². The Morgan fingerprint density at radius 1 is 1.33 bits per heavy atom. The second-order valence-electron chi connectivity index (χ2n) is 6.07. The van der Waals surface area contributed by atoms with Gasteiger partial charge in [0.15, 0.2) is 0 Å². The first kappa shape index (κ1) is 15.3. The van der Waals surface area contributed by atoms with Gasteiger partial charge in [0.1, 0.15) is 5.60 Å². The monoisotopic (exact) mass is 256 g/mol. The number of hydrogen-bond donors (Lipinski definition) is 2. The molecule has 0 aromatic carbocycles. The van der Waals surface area contributed by atoms with Crippen molar-refractivity contribution < 1.29 is 9.53 Å². The van der Waals surface area contributed by atoms with E-state index < -0.39 is 5.60 Å². The Bertz CT molecular complexity index is 243. The number of hydrogen-bond acceptors (Lipinski definition) is 3. The molecule has 0 aromatic rings. The normalized spacial score (nSPS) is 20.5. The Hall–Kier alpha value is -0.770. The molecular formula is C14H28N2O2. The highest BCUT2D eigenvalue weighted by atomic mass is 16.6. The zero-order valence-electron chi connectivity index (χ0n) is 12.1. The van der Waals surface area contributed by atoms with Gasteiger partial charge >= 0.3 is 6.09 Å². The molecule has 0 saturated carbocycles. The molecule has 1 atom stereocenters. The van der Waals surface area contributed by atoms with Crippen LogP contribution in [-0.2, 0) is 4.74 Å². The molecule has 0 bridgehead atoms. The fourth-order valence-electron chi connectivity index (χ4n) is 2.19. The maximum atomic E-state index is 11.4. The molecule has 0 spiro atoms. The standard InChI is InChI=1S/C14H28N2O2/c1-14(2,3)18-13(17)16-11-7-5-9-12-8-4-6-10-15-12/h12,15H,4-11H2,1-3H3,(H,16,17). The van der Waals surface area contributed by atoms with Gasteiger partial charge in [0, 0.05) is 12.6 Å². The average Bonchev–Trinajstić information content (AvgIpc) is 2.27. The minimum Gasteiger partial charge on any atom is -0.444 e. The fraction of sp³-hybridized carbons (Fsp3) is 0.929. The van der Waals surface area contributed by atoms with Crippen LogP contribution < -0.4 is 10.6 Å². The van der Waals surface area contributed by atoms with Gasteiger partial charge in [0.2, 0.25) is 0 Å². The fourth-order valence-corrected chi connectivity index (χ4v) is 2.19. The predicted molar refractivity (Wildman–Crippen MR) is 73.7 cm³/mol. The van der Waals surface area contributed by atoms with Crippen LogP contribution in [0.1, 0.15) is 59.3 Å². The molecule has 0 aliphatic carbocycles. The molecule has 2 N–H and O–H groups in total.